The second-order valence-electron chi connectivity index (χ2n) is 8.00. The molecule has 0 aromatic heterocycles. The first-order valence-corrected chi connectivity index (χ1v) is 8.65. The van der Waals surface area contributed by atoms with E-state index in [1.807, 2.05) is 0 Å². The summed E-state index contributed by atoms with van der Waals surface area (Å²) >= 11 is 0. The van der Waals surface area contributed by atoms with Gasteiger partial charge in [-0.25, -0.2) is 0 Å². The van der Waals surface area contributed by atoms with Crippen LogP contribution < -0.4 is 5.32 Å². The summed E-state index contributed by atoms with van der Waals surface area (Å²) in [7, 11) is 0. The molecule has 0 saturated heterocycles. The lowest BCUT2D eigenvalue weighted by Crippen LogP contribution is -2.46. The number of hydrogen-bond acceptors (Lipinski definition) is 2. The van der Waals surface area contributed by atoms with Crippen molar-refractivity contribution >= 4 is 0 Å². The maximum atomic E-state index is 3.68. The molecule has 1 N–H and O–H groups in total. The molecule has 0 aliphatic carbocycles. The van der Waals surface area contributed by atoms with Crippen LogP contribution in [-0.2, 0) is 0 Å². The molecule has 0 aromatic carbocycles. The molecule has 0 amide bonds. The number of rotatable bonds is 11. The van der Waals surface area contributed by atoms with E-state index >= 15 is 0 Å². The minimum absolute atomic E-state index is 0.392. The zero-order valence-electron chi connectivity index (χ0n) is 15.4. The number of nitrogens with one attached hydrogen (secondary N) is 1. The first kappa shape index (κ1) is 19.9. The third kappa shape index (κ3) is 8.97. The topological polar surface area (TPSA) is 15.3 Å². The van der Waals surface area contributed by atoms with Crippen LogP contribution in [0.2, 0.25) is 0 Å². The summed E-state index contributed by atoms with van der Waals surface area (Å²) in [5.74, 6) is 1.48. The van der Waals surface area contributed by atoms with Crippen LogP contribution in [0.15, 0.2) is 0 Å². The van der Waals surface area contributed by atoms with E-state index in [0.717, 1.165) is 24.9 Å². The molecule has 0 rings (SSSR count). The van der Waals surface area contributed by atoms with E-state index < -0.39 is 0 Å². The van der Waals surface area contributed by atoms with Gasteiger partial charge in [0.2, 0.25) is 0 Å². The fourth-order valence-electron chi connectivity index (χ4n) is 2.91. The molecule has 2 nitrogen and oxygen atoms in total. The summed E-state index contributed by atoms with van der Waals surface area (Å²) in [5.41, 5.74) is 0.392. The van der Waals surface area contributed by atoms with E-state index in [4.69, 9.17) is 0 Å². The molecule has 0 saturated carbocycles. The van der Waals surface area contributed by atoms with Gasteiger partial charge in [-0.2, -0.15) is 0 Å². The predicted molar refractivity (Wildman–Crippen MR) is 92.3 cm³/mol. The van der Waals surface area contributed by atoms with Crippen molar-refractivity contribution in [3.63, 3.8) is 0 Å². The molecule has 122 valence electrons. The third-order valence-corrected chi connectivity index (χ3v) is 3.87. The Morgan fingerprint density at radius 2 is 1.60 bits per heavy atom. The minimum Gasteiger partial charge on any atom is -0.316 e. The first-order chi connectivity index (χ1) is 9.20. The van der Waals surface area contributed by atoms with Gasteiger partial charge in [-0.3, -0.25) is 0 Å². The molecule has 0 radical (unpaired) electrons. The van der Waals surface area contributed by atoms with E-state index in [9.17, 15) is 0 Å². The molecule has 0 heterocycles. The van der Waals surface area contributed by atoms with Crippen molar-refractivity contribution in [1.82, 2.24) is 10.2 Å². The summed E-state index contributed by atoms with van der Waals surface area (Å²) in [6.45, 7) is 23.3. The standard InChI is InChI=1S/C18H40N2/c1-9-10-18(8,13-19-11-15(2)3)14-20(17(6)7)12-16(4)5/h15-17,19H,9-14H2,1-8H3. The fraction of sp³-hybridized carbons (Fsp3) is 1.00. The Labute approximate surface area is 128 Å². The lowest BCUT2D eigenvalue weighted by Gasteiger charge is -2.39. The van der Waals surface area contributed by atoms with Crippen molar-refractivity contribution in [3.8, 4) is 0 Å². The Morgan fingerprint density at radius 3 is 2.00 bits per heavy atom. The molecule has 0 spiro atoms. The van der Waals surface area contributed by atoms with Crippen molar-refractivity contribution in [1.29, 1.82) is 0 Å². The third-order valence-electron chi connectivity index (χ3n) is 3.87. The molecule has 0 aromatic rings. The fourth-order valence-corrected chi connectivity index (χ4v) is 2.91. The number of nitrogens with zero attached hydrogens (tertiary/aromatic N) is 1. The SMILES string of the molecule is CCCC(C)(CNCC(C)C)CN(CC(C)C)C(C)C. The summed E-state index contributed by atoms with van der Waals surface area (Å²) in [5, 5.41) is 3.68. The van der Waals surface area contributed by atoms with Gasteiger partial charge in [-0.1, -0.05) is 48.0 Å². The van der Waals surface area contributed by atoms with Crippen LogP contribution in [0.4, 0.5) is 0 Å². The molecule has 1 unspecified atom stereocenters. The van der Waals surface area contributed by atoms with Gasteiger partial charge in [0.05, 0.1) is 0 Å². The molecule has 20 heavy (non-hydrogen) atoms. The highest BCUT2D eigenvalue weighted by atomic mass is 15.2. The summed E-state index contributed by atoms with van der Waals surface area (Å²) in [6.07, 6.45) is 2.58. The van der Waals surface area contributed by atoms with Gasteiger partial charge in [0.1, 0.15) is 0 Å². The van der Waals surface area contributed by atoms with Crippen molar-refractivity contribution in [2.24, 2.45) is 17.3 Å². The Kier molecular flexibility index (Phi) is 9.74. The number of hydrogen-bond donors (Lipinski definition) is 1. The van der Waals surface area contributed by atoms with E-state index in [0.29, 0.717) is 11.5 Å². The van der Waals surface area contributed by atoms with Gasteiger partial charge < -0.3 is 10.2 Å². The molecule has 0 bridgehead atoms. The van der Waals surface area contributed by atoms with Crippen molar-refractivity contribution in [3.05, 3.63) is 0 Å². The van der Waals surface area contributed by atoms with Gasteiger partial charge in [0.25, 0.3) is 0 Å². The molecule has 2 heteroatoms. The van der Waals surface area contributed by atoms with Gasteiger partial charge in [-0.15, -0.1) is 0 Å². The Balaban J connectivity index is 4.59. The molecular formula is C18H40N2. The highest BCUT2D eigenvalue weighted by Gasteiger charge is 2.27. The average Bonchev–Trinajstić information content (AvgIpc) is 2.26. The van der Waals surface area contributed by atoms with Crippen LogP contribution in [0.25, 0.3) is 0 Å². The molecule has 0 aliphatic rings. The maximum Gasteiger partial charge on any atom is 0.00503 e. The largest absolute Gasteiger partial charge is 0.316 e. The molecule has 0 fully saturated rings. The average molecular weight is 285 g/mol. The monoisotopic (exact) mass is 284 g/mol. The van der Waals surface area contributed by atoms with Crippen molar-refractivity contribution in [2.45, 2.75) is 74.3 Å². The predicted octanol–water partition coefficient (Wildman–Crippen LogP) is 4.40. The van der Waals surface area contributed by atoms with Gasteiger partial charge in [-0.05, 0) is 44.1 Å². The Morgan fingerprint density at radius 1 is 1.00 bits per heavy atom. The van der Waals surface area contributed by atoms with E-state index in [1.165, 1.54) is 25.9 Å². The summed E-state index contributed by atoms with van der Waals surface area (Å²) < 4.78 is 0. The zero-order valence-corrected chi connectivity index (χ0v) is 15.4. The highest BCUT2D eigenvalue weighted by molar-refractivity contribution is 4.82. The lowest BCUT2D eigenvalue weighted by molar-refractivity contribution is 0.110. The van der Waals surface area contributed by atoms with Gasteiger partial charge in [0.15, 0.2) is 0 Å². The Bertz CT molecular complexity index is 236. The normalized spacial score (nSPS) is 15.6. The molecule has 0 aliphatic heterocycles. The summed E-state index contributed by atoms with van der Waals surface area (Å²) in [4.78, 5) is 2.66. The van der Waals surface area contributed by atoms with Crippen LogP contribution in [0.5, 0.6) is 0 Å². The van der Waals surface area contributed by atoms with E-state index in [-0.39, 0.29) is 0 Å². The Hall–Kier alpha value is -0.0800. The van der Waals surface area contributed by atoms with E-state index in [2.05, 4.69) is 65.6 Å². The van der Waals surface area contributed by atoms with Crippen molar-refractivity contribution in [2.75, 3.05) is 26.2 Å². The van der Waals surface area contributed by atoms with Crippen LogP contribution in [0.3, 0.4) is 0 Å². The van der Waals surface area contributed by atoms with E-state index in [1.54, 1.807) is 0 Å². The molecule has 1 atom stereocenters. The second-order valence-corrected chi connectivity index (χ2v) is 8.00. The van der Waals surface area contributed by atoms with Crippen molar-refractivity contribution < 1.29 is 0 Å². The van der Waals surface area contributed by atoms with Gasteiger partial charge >= 0.3 is 0 Å². The smallest absolute Gasteiger partial charge is 0.00503 e. The zero-order chi connectivity index (χ0) is 15.8. The lowest BCUT2D eigenvalue weighted by atomic mass is 9.84. The van der Waals surface area contributed by atoms with Crippen LogP contribution in [-0.4, -0.2) is 37.1 Å². The first-order valence-electron chi connectivity index (χ1n) is 8.65. The van der Waals surface area contributed by atoms with Gasteiger partial charge in [0, 0.05) is 25.7 Å². The molecular weight excluding hydrogens is 244 g/mol. The quantitative estimate of drug-likeness (QED) is 0.605. The maximum absolute atomic E-state index is 3.68. The summed E-state index contributed by atoms with van der Waals surface area (Å²) in [6, 6.07) is 0.638. The van der Waals surface area contributed by atoms with Crippen LogP contribution in [0.1, 0.15) is 68.2 Å². The highest BCUT2D eigenvalue weighted by Crippen LogP contribution is 2.25. The minimum atomic E-state index is 0.392. The van der Waals surface area contributed by atoms with Crippen LogP contribution >= 0.6 is 0 Å². The van der Waals surface area contributed by atoms with Crippen LogP contribution in [0, 0.1) is 17.3 Å². The second kappa shape index (κ2) is 9.78.